The van der Waals surface area contributed by atoms with Crippen LogP contribution in [0.4, 0.5) is 0 Å². The van der Waals surface area contributed by atoms with Gasteiger partial charge in [-0.1, -0.05) is 6.92 Å². The highest BCUT2D eigenvalue weighted by molar-refractivity contribution is 5.70. The molecule has 0 amide bonds. The van der Waals surface area contributed by atoms with E-state index in [9.17, 15) is 0 Å². The average molecular weight is 184 g/mol. The van der Waals surface area contributed by atoms with Crippen molar-refractivity contribution in [2.75, 3.05) is 13.7 Å². The van der Waals surface area contributed by atoms with Crippen LogP contribution in [-0.2, 0) is 4.74 Å². The van der Waals surface area contributed by atoms with Gasteiger partial charge in [-0.05, 0) is 31.5 Å². The minimum Gasteiger partial charge on any atom is -0.405 e. The lowest BCUT2D eigenvalue weighted by Gasteiger charge is -2.10. The van der Waals surface area contributed by atoms with E-state index in [0.717, 1.165) is 25.8 Å². The Labute approximate surface area is 80.7 Å². The molecule has 0 bridgehead atoms. The summed E-state index contributed by atoms with van der Waals surface area (Å²) in [5, 5.41) is 0. The Balaban J connectivity index is 3.33. The van der Waals surface area contributed by atoms with E-state index in [-0.39, 0.29) is 0 Å². The molecule has 0 spiro atoms. The van der Waals surface area contributed by atoms with Crippen LogP contribution in [0.1, 0.15) is 26.2 Å². The monoisotopic (exact) mass is 184 g/mol. The minimum atomic E-state index is 0.389. The van der Waals surface area contributed by atoms with Gasteiger partial charge in [-0.2, -0.15) is 0 Å². The van der Waals surface area contributed by atoms with E-state index in [0.29, 0.717) is 6.10 Å². The van der Waals surface area contributed by atoms with E-state index in [1.165, 1.54) is 6.20 Å². The first-order chi connectivity index (χ1) is 6.35. The molecule has 0 aliphatic rings. The first-order valence-electron chi connectivity index (χ1n) is 4.74. The van der Waals surface area contributed by atoms with Crippen molar-refractivity contribution in [2.24, 2.45) is 10.7 Å². The summed E-state index contributed by atoms with van der Waals surface area (Å²) in [7, 11) is 1.76. The molecule has 3 heteroatoms. The van der Waals surface area contributed by atoms with Gasteiger partial charge in [-0.15, -0.1) is 0 Å². The summed E-state index contributed by atoms with van der Waals surface area (Å²) in [6.07, 6.45) is 8.55. The van der Waals surface area contributed by atoms with Gasteiger partial charge in [-0.3, -0.25) is 4.99 Å². The van der Waals surface area contributed by atoms with Crippen molar-refractivity contribution in [2.45, 2.75) is 32.3 Å². The molecule has 0 radical (unpaired) electrons. The second-order valence-corrected chi connectivity index (χ2v) is 2.85. The lowest BCUT2D eigenvalue weighted by molar-refractivity contribution is 0.0910. The Bertz CT molecular complexity index is 151. The fourth-order valence-electron chi connectivity index (χ4n) is 1.08. The number of rotatable bonds is 7. The molecule has 0 saturated carbocycles. The highest BCUT2D eigenvalue weighted by Crippen LogP contribution is 2.04. The predicted octanol–water partition coefficient (Wildman–Crippen LogP) is 1.73. The molecule has 76 valence electrons. The summed E-state index contributed by atoms with van der Waals surface area (Å²) >= 11 is 0. The van der Waals surface area contributed by atoms with E-state index in [4.69, 9.17) is 10.5 Å². The molecular formula is C10H20N2O. The second-order valence-electron chi connectivity index (χ2n) is 2.85. The largest absolute Gasteiger partial charge is 0.405 e. The summed E-state index contributed by atoms with van der Waals surface area (Å²) in [6.45, 7) is 2.98. The van der Waals surface area contributed by atoms with Crippen LogP contribution in [-0.4, -0.2) is 26.0 Å². The molecular weight excluding hydrogens is 164 g/mol. The molecule has 0 fully saturated rings. The quantitative estimate of drug-likeness (QED) is 0.484. The van der Waals surface area contributed by atoms with Crippen LogP contribution in [0, 0.1) is 0 Å². The molecule has 13 heavy (non-hydrogen) atoms. The van der Waals surface area contributed by atoms with Gasteiger partial charge in [0.05, 0.1) is 6.10 Å². The summed E-state index contributed by atoms with van der Waals surface area (Å²) in [4.78, 5) is 4.15. The van der Waals surface area contributed by atoms with Crippen LogP contribution in [0.2, 0.25) is 0 Å². The van der Waals surface area contributed by atoms with Gasteiger partial charge in [0.2, 0.25) is 0 Å². The van der Waals surface area contributed by atoms with Crippen molar-refractivity contribution in [3.8, 4) is 0 Å². The van der Waals surface area contributed by atoms with Gasteiger partial charge < -0.3 is 10.5 Å². The third-order valence-electron chi connectivity index (χ3n) is 1.90. The SMILES string of the molecule is CC[C@H](CCCN=CC=CN)OC. The van der Waals surface area contributed by atoms with Crippen LogP contribution < -0.4 is 5.73 Å². The van der Waals surface area contributed by atoms with Crippen LogP contribution in [0.3, 0.4) is 0 Å². The van der Waals surface area contributed by atoms with Gasteiger partial charge in [0.15, 0.2) is 0 Å². The molecule has 1 atom stereocenters. The predicted molar refractivity (Wildman–Crippen MR) is 57.0 cm³/mol. The van der Waals surface area contributed by atoms with E-state index < -0.39 is 0 Å². The van der Waals surface area contributed by atoms with Crippen LogP contribution in [0.5, 0.6) is 0 Å². The lowest BCUT2D eigenvalue weighted by Crippen LogP contribution is -2.08. The van der Waals surface area contributed by atoms with E-state index in [2.05, 4.69) is 11.9 Å². The molecule has 0 aliphatic heterocycles. The number of aliphatic imine (C=N–C) groups is 1. The zero-order chi connectivity index (χ0) is 9.94. The maximum absolute atomic E-state index is 5.24. The number of nitrogens with zero attached hydrogens (tertiary/aromatic N) is 1. The molecule has 0 aliphatic carbocycles. The molecule has 0 aromatic rings. The molecule has 0 rings (SSSR count). The highest BCUT2D eigenvalue weighted by Gasteiger charge is 2.01. The van der Waals surface area contributed by atoms with Crippen molar-refractivity contribution in [1.29, 1.82) is 0 Å². The number of methoxy groups -OCH3 is 1. The fraction of sp³-hybridized carbons (Fsp3) is 0.700. The van der Waals surface area contributed by atoms with E-state index in [1.807, 2.05) is 0 Å². The van der Waals surface area contributed by atoms with Crippen molar-refractivity contribution >= 4 is 6.21 Å². The van der Waals surface area contributed by atoms with Crippen molar-refractivity contribution < 1.29 is 4.74 Å². The first-order valence-corrected chi connectivity index (χ1v) is 4.74. The maximum atomic E-state index is 5.24. The third-order valence-corrected chi connectivity index (χ3v) is 1.90. The van der Waals surface area contributed by atoms with Crippen LogP contribution in [0.15, 0.2) is 17.3 Å². The van der Waals surface area contributed by atoms with Crippen molar-refractivity contribution in [1.82, 2.24) is 0 Å². The maximum Gasteiger partial charge on any atom is 0.0569 e. The molecule has 2 N–H and O–H groups in total. The number of hydrogen-bond acceptors (Lipinski definition) is 3. The van der Waals surface area contributed by atoms with Gasteiger partial charge in [0.1, 0.15) is 0 Å². The number of nitrogens with two attached hydrogens (primary N) is 1. The third kappa shape index (κ3) is 7.53. The number of allylic oxidation sites excluding steroid dienone is 1. The fourth-order valence-corrected chi connectivity index (χ4v) is 1.08. The van der Waals surface area contributed by atoms with E-state index in [1.54, 1.807) is 19.4 Å². The zero-order valence-corrected chi connectivity index (χ0v) is 8.57. The van der Waals surface area contributed by atoms with Crippen LogP contribution in [0.25, 0.3) is 0 Å². The van der Waals surface area contributed by atoms with Gasteiger partial charge in [0, 0.05) is 19.9 Å². The van der Waals surface area contributed by atoms with Gasteiger partial charge >= 0.3 is 0 Å². The number of hydrogen-bond donors (Lipinski definition) is 1. The molecule has 3 nitrogen and oxygen atoms in total. The summed E-state index contributed by atoms with van der Waals surface area (Å²) in [5.41, 5.74) is 5.14. The smallest absolute Gasteiger partial charge is 0.0569 e. The molecule has 0 unspecified atom stereocenters. The molecule has 0 heterocycles. The summed E-state index contributed by atoms with van der Waals surface area (Å²) in [6, 6.07) is 0. The molecule has 0 saturated heterocycles. The average Bonchev–Trinajstić information content (AvgIpc) is 2.17. The Morgan fingerprint density at radius 2 is 2.31 bits per heavy atom. The Morgan fingerprint density at radius 3 is 2.85 bits per heavy atom. The second kappa shape index (κ2) is 9.26. The zero-order valence-electron chi connectivity index (χ0n) is 8.57. The van der Waals surface area contributed by atoms with E-state index >= 15 is 0 Å². The minimum absolute atomic E-state index is 0.389. The summed E-state index contributed by atoms with van der Waals surface area (Å²) < 4.78 is 5.24. The summed E-state index contributed by atoms with van der Waals surface area (Å²) in [5.74, 6) is 0. The van der Waals surface area contributed by atoms with Crippen molar-refractivity contribution in [3.63, 3.8) is 0 Å². The normalized spacial score (nSPS) is 14.3. The van der Waals surface area contributed by atoms with Crippen molar-refractivity contribution in [3.05, 3.63) is 12.3 Å². The molecule has 0 aromatic carbocycles. The topological polar surface area (TPSA) is 47.6 Å². The lowest BCUT2D eigenvalue weighted by atomic mass is 10.1. The van der Waals surface area contributed by atoms with Gasteiger partial charge in [0.25, 0.3) is 0 Å². The van der Waals surface area contributed by atoms with Gasteiger partial charge in [-0.25, -0.2) is 0 Å². The Kier molecular flexibility index (Phi) is 8.67. The first kappa shape index (κ1) is 12.2. The highest BCUT2D eigenvalue weighted by atomic mass is 16.5. The standard InChI is InChI=1S/C10H20N2O/c1-3-10(13-2)6-4-8-12-9-5-7-11/h5,7,9-10H,3-4,6,8,11H2,1-2H3/t10-/m1/s1. The molecule has 0 aromatic heterocycles. The van der Waals surface area contributed by atoms with Crippen LogP contribution >= 0.6 is 0 Å². The Morgan fingerprint density at radius 1 is 1.54 bits per heavy atom. The Hall–Kier alpha value is -0.830. The number of ether oxygens (including phenoxy) is 1.